The quantitative estimate of drug-likeness (QED) is 0.705. The van der Waals surface area contributed by atoms with Gasteiger partial charge in [-0.05, 0) is 6.92 Å². The molecule has 1 aromatic rings. The first-order chi connectivity index (χ1) is 4.97. The Kier molecular flexibility index (Phi) is 1.86. The highest BCUT2D eigenvalue weighted by Crippen LogP contribution is 2.08. The number of hydrogen-bond donors (Lipinski definition) is 1. The van der Waals surface area contributed by atoms with Gasteiger partial charge in [-0.15, -0.1) is 0 Å². The third-order valence-corrected chi connectivity index (χ3v) is 1.49. The van der Waals surface area contributed by atoms with Crippen LogP contribution in [-0.2, 0) is 10.0 Å². The summed E-state index contributed by atoms with van der Waals surface area (Å²) in [6, 6.07) is 1.50. The Morgan fingerprint density at radius 2 is 2.27 bits per heavy atom. The number of nitrogens with one attached hydrogen (secondary N) is 1. The van der Waals surface area contributed by atoms with Gasteiger partial charge < -0.3 is 4.52 Å². The Labute approximate surface area is 64.4 Å². The largest absolute Gasteiger partial charge is 0.338 e. The predicted octanol–water partition coefficient (Wildman–Crippen LogP) is 0.355. The summed E-state index contributed by atoms with van der Waals surface area (Å²) in [7, 11) is -3.25. The van der Waals surface area contributed by atoms with Crippen molar-refractivity contribution in [1.29, 1.82) is 0 Å². The topological polar surface area (TPSA) is 72.2 Å². The molecule has 0 spiro atoms. The van der Waals surface area contributed by atoms with Crippen LogP contribution in [0, 0.1) is 6.92 Å². The Balaban J connectivity index is 2.81. The maximum Gasteiger partial charge on any atom is 0.238 e. The van der Waals surface area contributed by atoms with E-state index in [1.807, 2.05) is 0 Å². The number of aromatic nitrogens is 1. The second-order valence-electron chi connectivity index (χ2n) is 2.21. The van der Waals surface area contributed by atoms with Gasteiger partial charge in [0.1, 0.15) is 0 Å². The van der Waals surface area contributed by atoms with Crippen LogP contribution in [0.3, 0.4) is 0 Å². The molecule has 1 aromatic heterocycles. The van der Waals surface area contributed by atoms with Crippen LogP contribution in [0.2, 0.25) is 0 Å². The summed E-state index contributed by atoms with van der Waals surface area (Å²) < 4.78 is 28.0. The van der Waals surface area contributed by atoms with Crippen molar-refractivity contribution in [2.45, 2.75) is 6.92 Å². The summed E-state index contributed by atoms with van der Waals surface area (Å²) in [5.41, 5.74) is 0.635. The second kappa shape index (κ2) is 2.54. The van der Waals surface area contributed by atoms with Crippen molar-refractivity contribution in [1.82, 2.24) is 5.16 Å². The molecule has 0 amide bonds. The van der Waals surface area contributed by atoms with Crippen molar-refractivity contribution >= 4 is 15.9 Å². The van der Waals surface area contributed by atoms with E-state index < -0.39 is 10.0 Å². The molecular formula is C5H8N2O3S. The first-order valence-electron chi connectivity index (χ1n) is 2.88. The van der Waals surface area contributed by atoms with Crippen LogP contribution in [0.4, 0.5) is 5.88 Å². The molecule has 0 unspecified atom stereocenters. The molecular weight excluding hydrogens is 168 g/mol. The molecule has 1 N–H and O–H groups in total. The van der Waals surface area contributed by atoms with Gasteiger partial charge in [0.2, 0.25) is 15.9 Å². The van der Waals surface area contributed by atoms with Crippen molar-refractivity contribution in [2.24, 2.45) is 0 Å². The van der Waals surface area contributed by atoms with E-state index in [4.69, 9.17) is 0 Å². The zero-order valence-electron chi connectivity index (χ0n) is 6.16. The molecule has 62 valence electrons. The molecule has 0 aliphatic heterocycles. The first kappa shape index (κ1) is 8.06. The number of sulfonamides is 1. The van der Waals surface area contributed by atoms with Gasteiger partial charge >= 0.3 is 0 Å². The van der Waals surface area contributed by atoms with Crippen molar-refractivity contribution in [3.05, 3.63) is 11.8 Å². The fourth-order valence-corrected chi connectivity index (χ4v) is 1.06. The number of rotatable bonds is 2. The monoisotopic (exact) mass is 176 g/mol. The highest BCUT2D eigenvalue weighted by atomic mass is 32.2. The molecule has 0 aromatic carbocycles. The van der Waals surface area contributed by atoms with Crippen LogP contribution < -0.4 is 4.72 Å². The van der Waals surface area contributed by atoms with E-state index in [0.717, 1.165) is 6.26 Å². The summed E-state index contributed by atoms with van der Waals surface area (Å²) in [5, 5.41) is 3.50. The zero-order chi connectivity index (χ0) is 8.48. The van der Waals surface area contributed by atoms with E-state index in [1.165, 1.54) is 6.07 Å². The fourth-order valence-electron chi connectivity index (χ4n) is 0.594. The van der Waals surface area contributed by atoms with Crippen molar-refractivity contribution < 1.29 is 12.9 Å². The molecule has 1 rings (SSSR count). The second-order valence-corrected chi connectivity index (χ2v) is 3.96. The van der Waals surface area contributed by atoms with Crippen molar-refractivity contribution in [2.75, 3.05) is 11.0 Å². The number of nitrogens with zero attached hydrogens (tertiary/aromatic N) is 1. The smallest absolute Gasteiger partial charge is 0.238 e. The zero-order valence-corrected chi connectivity index (χ0v) is 6.97. The Morgan fingerprint density at radius 1 is 1.64 bits per heavy atom. The molecule has 0 aliphatic rings. The fraction of sp³-hybridized carbons (Fsp3) is 0.400. The molecule has 0 fully saturated rings. The summed E-state index contributed by atoms with van der Waals surface area (Å²) in [6.07, 6.45) is 1.05. The average Bonchev–Trinajstić information content (AvgIpc) is 2.10. The van der Waals surface area contributed by atoms with Gasteiger partial charge in [-0.3, -0.25) is 4.72 Å². The molecule has 0 saturated heterocycles. The lowest BCUT2D eigenvalue weighted by molar-refractivity contribution is 0.430. The maximum absolute atomic E-state index is 10.6. The molecule has 5 nitrogen and oxygen atoms in total. The van der Waals surface area contributed by atoms with Crippen molar-refractivity contribution in [3.63, 3.8) is 0 Å². The summed E-state index contributed by atoms with van der Waals surface area (Å²) >= 11 is 0. The lowest BCUT2D eigenvalue weighted by atomic mass is 10.5. The Hall–Kier alpha value is -1.04. The Bertz CT molecular complexity index is 340. The first-order valence-corrected chi connectivity index (χ1v) is 4.77. The molecule has 0 bridgehead atoms. The Morgan fingerprint density at radius 3 is 2.64 bits per heavy atom. The normalized spacial score (nSPS) is 11.5. The summed E-state index contributed by atoms with van der Waals surface area (Å²) in [4.78, 5) is 0. The van der Waals surface area contributed by atoms with Crippen LogP contribution in [0.25, 0.3) is 0 Å². The highest BCUT2D eigenvalue weighted by Gasteiger charge is 2.05. The summed E-state index contributed by atoms with van der Waals surface area (Å²) in [5.74, 6) is 0.144. The minimum Gasteiger partial charge on any atom is -0.338 e. The minimum absolute atomic E-state index is 0.144. The molecule has 6 heteroatoms. The number of hydrogen-bond acceptors (Lipinski definition) is 4. The SMILES string of the molecule is Cc1cc(NS(C)(=O)=O)on1. The van der Waals surface area contributed by atoms with Crippen LogP contribution in [-0.4, -0.2) is 19.8 Å². The van der Waals surface area contributed by atoms with Crippen LogP contribution in [0.15, 0.2) is 10.6 Å². The van der Waals surface area contributed by atoms with Crippen LogP contribution >= 0.6 is 0 Å². The van der Waals surface area contributed by atoms with E-state index in [0.29, 0.717) is 5.69 Å². The summed E-state index contributed by atoms with van der Waals surface area (Å²) in [6.45, 7) is 1.71. The molecule has 1 heterocycles. The molecule has 0 radical (unpaired) electrons. The van der Waals surface area contributed by atoms with Gasteiger partial charge in [-0.25, -0.2) is 8.42 Å². The third kappa shape index (κ3) is 2.58. The van der Waals surface area contributed by atoms with Crippen molar-refractivity contribution in [3.8, 4) is 0 Å². The predicted molar refractivity (Wildman–Crippen MR) is 39.7 cm³/mol. The van der Waals surface area contributed by atoms with E-state index >= 15 is 0 Å². The van der Waals surface area contributed by atoms with Gasteiger partial charge in [-0.2, -0.15) is 0 Å². The number of aryl methyl sites for hydroxylation is 1. The van der Waals surface area contributed by atoms with Gasteiger partial charge in [0.25, 0.3) is 0 Å². The van der Waals surface area contributed by atoms with E-state index in [9.17, 15) is 8.42 Å². The average molecular weight is 176 g/mol. The number of anilines is 1. The lowest BCUT2D eigenvalue weighted by Crippen LogP contribution is -2.08. The van der Waals surface area contributed by atoms with E-state index in [2.05, 4.69) is 14.4 Å². The van der Waals surface area contributed by atoms with Crippen LogP contribution in [0.5, 0.6) is 0 Å². The minimum atomic E-state index is -3.25. The molecule has 0 atom stereocenters. The molecule has 11 heavy (non-hydrogen) atoms. The van der Waals surface area contributed by atoms with Gasteiger partial charge in [-0.1, -0.05) is 5.16 Å². The molecule has 0 saturated carbocycles. The van der Waals surface area contributed by atoms with Gasteiger partial charge in [0, 0.05) is 6.07 Å². The third-order valence-electron chi connectivity index (χ3n) is 0.914. The molecule has 0 aliphatic carbocycles. The van der Waals surface area contributed by atoms with Crippen LogP contribution in [0.1, 0.15) is 5.69 Å². The highest BCUT2D eigenvalue weighted by molar-refractivity contribution is 7.91. The van der Waals surface area contributed by atoms with Gasteiger partial charge in [0.05, 0.1) is 11.9 Å². The van der Waals surface area contributed by atoms with E-state index in [-0.39, 0.29) is 5.88 Å². The lowest BCUT2D eigenvalue weighted by Gasteiger charge is -1.94. The van der Waals surface area contributed by atoms with E-state index in [1.54, 1.807) is 6.92 Å². The van der Waals surface area contributed by atoms with Gasteiger partial charge in [0.15, 0.2) is 0 Å². The maximum atomic E-state index is 10.6. The standard InChI is InChI=1S/C5H8N2O3S/c1-4-3-5(10-6-4)7-11(2,8)9/h3,7H,1-2H3.